The maximum absolute atomic E-state index is 12.8. The van der Waals surface area contributed by atoms with Gasteiger partial charge < -0.3 is 11.5 Å². The van der Waals surface area contributed by atoms with Crippen molar-refractivity contribution in [2.24, 2.45) is 16.5 Å². The lowest BCUT2D eigenvalue weighted by atomic mass is 10.1. The van der Waals surface area contributed by atoms with Crippen LogP contribution in [0.3, 0.4) is 0 Å². The molecule has 14 heavy (non-hydrogen) atoms. The van der Waals surface area contributed by atoms with Gasteiger partial charge in [-0.15, -0.1) is 12.4 Å². The Bertz CT molecular complexity index is 335. The molecule has 1 aromatic carbocycles. The van der Waals surface area contributed by atoms with Crippen molar-refractivity contribution in [1.82, 2.24) is 0 Å². The summed E-state index contributed by atoms with van der Waals surface area (Å²) in [6.07, 6.45) is 0. The molecule has 5 heteroatoms. The Hall–Kier alpha value is -1.29. The van der Waals surface area contributed by atoms with Gasteiger partial charge in [-0.3, -0.25) is 0 Å². The van der Waals surface area contributed by atoms with E-state index in [0.717, 1.165) is 5.56 Å². The van der Waals surface area contributed by atoms with E-state index in [1.807, 2.05) is 0 Å². The minimum atomic E-state index is -0.214. The molecule has 78 valence electrons. The van der Waals surface area contributed by atoms with Crippen molar-refractivity contribution < 1.29 is 4.39 Å². The zero-order valence-electron chi connectivity index (χ0n) is 7.83. The molecule has 0 bridgehead atoms. The van der Waals surface area contributed by atoms with Gasteiger partial charge >= 0.3 is 0 Å². The Morgan fingerprint density at radius 1 is 1.43 bits per heavy atom. The normalized spacial score (nSPS) is 9.00. The molecule has 0 radical (unpaired) electrons. The molecule has 0 atom stereocenters. The number of benzene rings is 1. The molecule has 0 fully saturated rings. The van der Waals surface area contributed by atoms with Gasteiger partial charge in [0.15, 0.2) is 5.96 Å². The van der Waals surface area contributed by atoms with Crippen LogP contribution in [0.15, 0.2) is 23.2 Å². The average molecular weight is 218 g/mol. The number of hydrogen-bond acceptors (Lipinski definition) is 1. The lowest BCUT2D eigenvalue weighted by Gasteiger charge is -2.00. The summed E-state index contributed by atoms with van der Waals surface area (Å²) in [6, 6.07) is 4.80. The van der Waals surface area contributed by atoms with Crippen LogP contribution in [0, 0.1) is 12.7 Å². The summed E-state index contributed by atoms with van der Waals surface area (Å²) >= 11 is 0. The van der Waals surface area contributed by atoms with Crippen molar-refractivity contribution in [1.29, 1.82) is 0 Å². The first-order chi connectivity index (χ1) is 6.09. The zero-order chi connectivity index (χ0) is 9.84. The average Bonchev–Trinajstić information content (AvgIpc) is 2.07. The summed E-state index contributed by atoms with van der Waals surface area (Å²) in [7, 11) is 0. The Kier molecular flexibility index (Phi) is 4.94. The molecule has 0 saturated carbocycles. The van der Waals surface area contributed by atoms with Crippen molar-refractivity contribution in [3.05, 3.63) is 35.1 Å². The molecule has 0 aliphatic heterocycles. The van der Waals surface area contributed by atoms with Crippen molar-refractivity contribution in [2.45, 2.75) is 13.5 Å². The maximum Gasteiger partial charge on any atom is 0.186 e. The molecular formula is C9H13ClFN3. The van der Waals surface area contributed by atoms with Gasteiger partial charge in [-0.25, -0.2) is 9.38 Å². The highest BCUT2D eigenvalue weighted by atomic mass is 35.5. The number of aryl methyl sites for hydroxylation is 1. The van der Waals surface area contributed by atoms with Crippen LogP contribution in [-0.4, -0.2) is 5.96 Å². The van der Waals surface area contributed by atoms with Gasteiger partial charge in [0.1, 0.15) is 5.82 Å². The molecule has 0 amide bonds. The standard InChI is InChI=1S/C9H12FN3.ClH/c1-6-4-7(2-3-8(6)10)5-13-9(11)12;/h2-4H,5H2,1H3,(H4,11,12,13);1H. The Morgan fingerprint density at radius 3 is 2.57 bits per heavy atom. The van der Waals surface area contributed by atoms with Crippen molar-refractivity contribution in [3.8, 4) is 0 Å². The van der Waals surface area contributed by atoms with Crippen LogP contribution in [0.25, 0.3) is 0 Å². The summed E-state index contributed by atoms with van der Waals surface area (Å²) in [5.41, 5.74) is 11.8. The molecule has 3 nitrogen and oxygen atoms in total. The first-order valence-electron chi connectivity index (χ1n) is 3.90. The van der Waals surface area contributed by atoms with Crippen LogP contribution in [0.1, 0.15) is 11.1 Å². The van der Waals surface area contributed by atoms with E-state index in [1.165, 1.54) is 6.07 Å². The summed E-state index contributed by atoms with van der Waals surface area (Å²) < 4.78 is 12.8. The first-order valence-corrected chi connectivity index (χ1v) is 3.90. The monoisotopic (exact) mass is 217 g/mol. The van der Waals surface area contributed by atoms with E-state index in [0.29, 0.717) is 12.1 Å². The van der Waals surface area contributed by atoms with E-state index in [4.69, 9.17) is 11.5 Å². The quantitative estimate of drug-likeness (QED) is 0.580. The minimum Gasteiger partial charge on any atom is -0.370 e. The van der Waals surface area contributed by atoms with Crippen LogP contribution in [0.4, 0.5) is 4.39 Å². The van der Waals surface area contributed by atoms with Crippen LogP contribution in [0.2, 0.25) is 0 Å². The number of guanidine groups is 1. The highest BCUT2D eigenvalue weighted by Crippen LogP contribution is 2.09. The number of hydrogen-bond donors (Lipinski definition) is 2. The highest BCUT2D eigenvalue weighted by molar-refractivity contribution is 5.85. The van der Waals surface area contributed by atoms with Crippen LogP contribution in [0.5, 0.6) is 0 Å². The minimum absolute atomic E-state index is 0. The van der Waals surface area contributed by atoms with E-state index >= 15 is 0 Å². The lowest BCUT2D eigenvalue weighted by molar-refractivity contribution is 0.617. The molecule has 0 saturated heterocycles. The largest absolute Gasteiger partial charge is 0.370 e. The molecule has 0 aliphatic carbocycles. The number of nitrogens with two attached hydrogens (primary N) is 2. The van der Waals surface area contributed by atoms with E-state index in [1.54, 1.807) is 19.1 Å². The molecule has 4 N–H and O–H groups in total. The topological polar surface area (TPSA) is 64.4 Å². The molecule has 1 rings (SSSR count). The van der Waals surface area contributed by atoms with Gasteiger partial charge in [0.05, 0.1) is 6.54 Å². The molecule has 0 aromatic heterocycles. The van der Waals surface area contributed by atoms with Crippen LogP contribution < -0.4 is 11.5 Å². The number of halogens is 2. The second kappa shape index (κ2) is 5.44. The number of nitrogens with zero attached hydrogens (tertiary/aromatic N) is 1. The van der Waals surface area contributed by atoms with E-state index in [9.17, 15) is 4.39 Å². The summed E-state index contributed by atoms with van der Waals surface area (Å²) in [4.78, 5) is 3.82. The molecule has 0 heterocycles. The van der Waals surface area contributed by atoms with E-state index < -0.39 is 0 Å². The van der Waals surface area contributed by atoms with Crippen molar-refractivity contribution >= 4 is 18.4 Å². The molecular weight excluding hydrogens is 205 g/mol. The van der Waals surface area contributed by atoms with Crippen molar-refractivity contribution in [2.75, 3.05) is 0 Å². The molecule has 0 spiro atoms. The Labute approximate surface area is 88.4 Å². The maximum atomic E-state index is 12.8. The molecule has 0 aliphatic rings. The fraction of sp³-hybridized carbons (Fsp3) is 0.222. The second-order valence-electron chi connectivity index (χ2n) is 2.82. The third kappa shape index (κ3) is 3.62. The molecule has 1 aromatic rings. The van der Waals surface area contributed by atoms with Crippen LogP contribution in [-0.2, 0) is 6.54 Å². The predicted octanol–water partition coefficient (Wildman–Crippen LogP) is 1.33. The third-order valence-electron chi connectivity index (χ3n) is 1.67. The van der Waals surface area contributed by atoms with Gasteiger partial charge in [-0.2, -0.15) is 0 Å². The summed E-state index contributed by atoms with van der Waals surface area (Å²) in [5.74, 6) is -0.171. The molecule has 0 unspecified atom stereocenters. The second-order valence-corrected chi connectivity index (χ2v) is 2.82. The Morgan fingerprint density at radius 2 is 2.07 bits per heavy atom. The SMILES string of the molecule is Cc1cc(CN=C(N)N)ccc1F.Cl. The summed E-state index contributed by atoms with van der Waals surface area (Å²) in [5, 5.41) is 0. The Balaban J connectivity index is 0.00000169. The fourth-order valence-corrected chi connectivity index (χ4v) is 0.988. The van der Waals surface area contributed by atoms with E-state index in [-0.39, 0.29) is 24.2 Å². The van der Waals surface area contributed by atoms with E-state index in [2.05, 4.69) is 4.99 Å². The fourth-order valence-electron chi connectivity index (χ4n) is 0.988. The zero-order valence-corrected chi connectivity index (χ0v) is 8.64. The first kappa shape index (κ1) is 12.7. The number of rotatable bonds is 2. The third-order valence-corrected chi connectivity index (χ3v) is 1.67. The predicted molar refractivity (Wildman–Crippen MR) is 57.9 cm³/mol. The van der Waals surface area contributed by atoms with Crippen LogP contribution >= 0.6 is 12.4 Å². The van der Waals surface area contributed by atoms with Crippen molar-refractivity contribution in [3.63, 3.8) is 0 Å². The van der Waals surface area contributed by atoms with Gasteiger partial charge in [0.2, 0.25) is 0 Å². The smallest absolute Gasteiger partial charge is 0.186 e. The van der Waals surface area contributed by atoms with Gasteiger partial charge in [0, 0.05) is 0 Å². The van der Waals surface area contributed by atoms with Gasteiger partial charge in [-0.1, -0.05) is 12.1 Å². The lowest BCUT2D eigenvalue weighted by Crippen LogP contribution is -2.22. The highest BCUT2D eigenvalue weighted by Gasteiger charge is 1.97. The summed E-state index contributed by atoms with van der Waals surface area (Å²) in [6.45, 7) is 2.10. The van der Waals surface area contributed by atoms with Gasteiger partial charge in [-0.05, 0) is 24.1 Å². The van der Waals surface area contributed by atoms with Gasteiger partial charge in [0.25, 0.3) is 0 Å². The number of aliphatic imine (C=N–C) groups is 1.